The Morgan fingerprint density at radius 3 is 2.20 bits per heavy atom. The maximum Gasteiger partial charge on any atom is 0.494 e. The van der Waals surface area contributed by atoms with Crippen molar-refractivity contribution < 1.29 is 14.0 Å². The van der Waals surface area contributed by atoms with Crippen LogP contribution in [0.1, 0.15) is 40.5 Å². The lowest BCUT2D eigenvalue weighted by Gasteiger charge is -2.34. The minimum atomic E-state index is -2.00. The van der Waals surface area contributed by atoms with Gasteiger partial charge in [0.05, 0.1) is 6.61 Å². The first-order valence-corrected chi connectivity index (χ1v) is 8.47. The van der Waals surface area contributed by atoms with Gasteiger partial charge in [-0.3, -0.25) is 0 Å². The predicted octanol–water partition coefficient (Wildman–Crippen LogP) is 3.94. The molecule has 0 heterocycles. The first-order chi connectivity index (χ1) is 6.70. The summed E-state index contributed by atoms with van der Waals surface area (Å²) in [7, 11) is -2.00. The standard InChI is InChI=1S/C11H24O3Si/c1-7-8-9-13-10(12)14-15(5,6)11(2,3)4/h7-9H2,1-6H3. The molecular weight excluding hydrogens is 208 g/mol. The molecule has 0 saturated heterocycles. The van der Waals surface area contributed by atoms with Crippen LogP contribution in [0.15, 0.2) is 0 Å². The largest absolute Gasteiger partial charge is 0.494 e. The second-order valence-electron chi connectivity index (χ2n) is 5.31. The van der Waals surface area contributed by atoms with Gasteiger partial charge in [0.25, 0.3) is 8.32 Å². The zero-order chi connectivity index (χ0) is 12.1. The Bertz CT molecular complexity index is 206. The highest BCUT2D eigenvalue weighted by molar-refractivity contribution is 6.75. The molecule has 0 fully saturated rings. The van der Waals surface area contributed by atoms with E-state index >= 15 is 0 Å². The van der Waals surface area contributed by atoms with Crippen LogP contribution in [0.25, 0.3) is 0 Å². The highest BCUT2D eigenvalue weighted by atomic mass is 28.4. The summed E-state index contributed by atoms with van der Waals surface area (Å²) >= 11 is 0. The monoisotopic (exact) mass is 232 g/mol. The third-order valence-corrected chi connectivity index (χ3v) is 7.15. The Kier molecular flexibility index (Phi) is 5.35. The highest BCUT2D eigenvalue weighted by Crippen LogP contribution is 2.36. The molecule has 0 spiro atoms. The van der Waals surface area contributed by atoms with Crippen LogP contribution in [0.4, 0.5) is 4.79 Å². The minimum absolute atomic E-state index is 0.0385. The van der Waals surface area contributed by atoms with E-state index in [1.54, 1.807) is 0 Å². The Morgan fingerprint density at radius 2 is 1.80 bits per heavy atom. The van der Waals surface area contributed by atoms with Gasteiger partial charge in [0.15, 0.2) is 0 Å². The van der Waals surface area contributed by atoms with Crippen LogP contribution in [0, 0.1) is 0 Å². The zero-order valence-electron chi connectivity index (χ0n) is 10.8. The first kappa shape index (κ1) is 14.5. The van der Waals surface area contributed by atoms with E-state index < -0.39 is 14.5 Å². The molecule has 0 unspecified atom stereocenters. The maximum atomic E-state index is 11.4. The van der Waals surface area contributed by atoms with E-state index in [0.29, 0.717) is 6.61 Å². The predicted molar refractivity (Wildman–Crippen MR) is 64.5 cm³/mol. The smallest absolute Gasteiger partial charge is 0.489 e. The summed E-state index contributed by atoms with van der Waals surface area (Å²) in [5.74, 6) is 0. The number of carbonyl (C=O) groups excluding carboxylic acids is 1. The molecule has 0 atom stereocenters. The fourth-order valence-electron chi connectivity index (χ4n) is 0.691. The third-order valence-electron chi connectivity index (χ3n) is 2.86. The number of rotatable bonds is 4. The molecule has 4 heteroatoms. The van der Waals surface area contributed by atoms with Crippen LogP contribution in [-0.2, 0) is 9.16 Å². The highest BCUT2D eigenvalue weighted by Gasteiger charge is 2.40. The summed E-state index contributed by atoms with van der Waals surface area (Å²) in [4.78, 5) is 11.4. The maximum absolute atomic E-state index is 11.4. The van der Waals surface area contributed by atoms with E-state index in [1.165, 1.54) is 0 Å². The molecule has 0 rings (SSSR count). The Labute approximate surface area is 94.3 Å². The van der Waals surface area contributed by atoms with Gasteiger partial charge in [-0.05, 0) is 24.6 Å². The van der Waals surface area contributed by atoms with Crippen molar-refractivity contribution in [3.05, 3.63) is 0 Å². The van der Waals surface area contributed by atoms with Crippen molar-refractivity contribution in [3.63, 3.8) is 0 Å². The lowest BCUT2D eigenvalue weighted by molar-refractivity contribution is 0.0933. The molecule has 0 bridgehead atoms. The second kappa shape index (κ2) is 5.54. The van der Waals surface area contributed by atoms with Crippen molar-refractivity contribution in [2.24, 2.45) is 0 Å². The molecule has 0 amide bonds. The van der Waals surface area contributed by atoms with Gasteiger partial charge in [-0.1, -0.05) is 34.1 Å². The molecule has 0 aliphatic heterocycles. The van der Waals surface area contributed by atoms with Crippen LogP contribution >= 0.6 is 0 Å². The summed E-state index contributed by atoms with van der Waals surface area (Å²) in [6.45, 7) is 12.9. The molecular formula is C11H24O3Si. The zero-order valence-corrected chi connectivity index (χ0v) is 11.8. The van der Waals surface area contributed by atoms with Gasteiger partial charge >= 0.3 is 6.16 Å². The Balaban J connectivity index is 4.06. The van der Waals surface area contributed by atoms with Crippen LogP contribution < -0.4 is 0 Å². The summed E-state index contributed by atoms with van der Waals surface area (Å²) in [6.07, 6.45) is 1.41. The first-order valence-electron chi connectivity index (χ1n) is 5.56. The number of carbonyl (C=O) groups is 1. The number of hydrogen-bond donors (Lipinski definition) is 0. The van der Waals surface area contributed by atoms with E-state index in [0.717, 1.165) is 12.8 Å². The van der Waals surface area contributed by atoms with Crippen molar-refractivity contribution >= 4 is 14.5 Å². The van der Waals surface area contributed by atoms with Crippen molar-refractivity contribution in [1.82, 2.24) is 0 Å². The van der Waals surface area contributed by atoms with Gasteiger partial charge in [0.1, 0.15) is 0 Å². The van der Waals surface area contributed by atoms with E-state index in [-0.39, 0.29) is 5.04 Å². The van der Waals surface area contributed by atoms with Crippen LogP contribution in [-0.4, -0.2) is 21.1 Å². The second-order valence-corrected chi connectivity index (χ2v) is 10.0. The average Bonchev–Trinajstić information content (AvgIpc) is 2.01. The van der Waals surface area contributed by atoms with E-state index in [9.17, 15) is 4.79 Å². The summed E-state index contributed by atoms with van der Waals surface area (Å²) in [5.41, 5.74) is 0. The molecule has 3 nitrogen and oxygen atoms in total. The lowest BCUT2D eigenvalue weighted by atomic mass is 10.2. The van der Waals surface area contributed by atoms with Crippen LogP contribution in [0.2, 0.25) is 18.1 Å². The van der Waals surface area contributed by atoms with Crippen LogP contribution in [0.3, 0.4) is 0 Å². The number of ether oxygens (including phenoxy) is 1. The molecule has 0 aliphatic rings. The summed E-state index contributed by atoms with van der Waals surface area (Å²) in [6, 6.07) is 0. The molecule has 0 N–H and O–H groups in total. The topological polar surface area (TPSA) is 35.5 Å². The molecule has 90 valence electrons. The molecule has 0 radical (unpaired) electrons. The Morgan fingerprint density at radius 1 is 1.27 bits per heavy atom. The van der Waals surface area contributed by atoms with Gasteiger partial charge in [-0.2, -0.15) is 0 Å². The fraction of sp³-hybridized carbons (Fsp3) is 0.909. The van der Waals surface area contributed by atoms with Crippen molar-refractivity contribution in [2.45, 2.75) is 58.7 Å². The van der Waals surface area contributed by atoms with Gasteiger partial charge in [-0.25, -0.2) is 4.79 Å². The normalized spacial score (nSPS) is 12.4. The average molecular weight is 232 g/mol. The third kappa shape index (κ3) is 5.21. The number of hydrogen-bond acceptors (Lipinski definition) is 3. The molecule has 0 saturated carbocycles. The lowest BCUT2D eigenvalue weighted by Crippen LogP contribution is -2.42. The van der Waals surface area contributed by atoms with Crippen LogP contribution in [0.5, 0.6) is 0 Å². The van der Waals surface area contributed by atoms with Gasteiger partial charge in [0.2, 0.25) is 0 Å². The summed E-state index contributed by atoms with van der Waals surface area (Å²) in [5, 5.41) is 0.0385. The Hall–Kier alpha value is -0.513. The van der Waals surface area contributed by atoms with E-state index in [2.05, 4.69) is 27.7 Å². The van der Waals surface area contributed by atoms with Gasteiger partial charge < -0.3 is 9.16 Å². The molecule has 0 aromatic rings. The summed E-state index contributed by atoms with van der Waals surface area (Å²) < 4.78 is 10.4. The van der Waals surface area contributed by atoms with Gasteiger partial charge in [0, 0.05) is 0 Å². The fourth-order valence-corrected chi connectivity index (χ4v) is 1.47. The van der Waals surface area contributed by atoms with E-state index in [1.807, 2.05) is 13.1 Å². The van der Waals surface area contributed by atoms with E-state index in [4.69, 9.17) is 9.16 Å². The molecule has 0 aromatic heterocycles. The van der Waals surface area contributed by atoms with Gasteiger partial charge in [-0.15, -0.1) is 0 Å². The SMILES string of the molecule is CCCCOC(=O)O[Si](C)(C)C(C)(C)C. The van der Waals surface area contributed by atoms with Crippen molar-refractivity contribution in [3.8, 4) is 0 Å². The quantitative estimate of drug-likeness (QED) is 0.418. The van der Waals surface area contributed by atoms with Crippen molar-refractivity contribution in [2.75, 3.05) is 6.61 Å². The van der Waals surface area contributed by atoms with Crippen molar-refractivity contribution in [1.29, 1.82) is 0 Å². The molecule has 15 heavy (non-hydrogen) atoms. The minimum Gasteiger partial charge on any atom is -0.489 e. The molecule has 0 aliphatic carbocycles. The molecule has 0 aromatic carbocycles. The number of unbranched alkanes of at least 4 members (excludes halogenated alkanes) is 1.